The van der Waals surface area contributed by atoms with Gasteiger partial charge in [0, 0.05) is 32.1 Å². The van der Waals surface area contributed by atoms with E-state index in [4.69, 9.17) is 5.26 Å². The Balaban J connectivity index is 1.67. The van der Waals surface area contributed by atoms with Crippen LogP contribution < -0.4 is 10.6 Å². The van der Waals surface area contributed by atoms with E-state index in [1.165, 1.54) is 0 Å². The number of anilines is 1. The number of nitrogens with zero attached hydrogens (tertiary/aromatic N) is 5. The molecule has 1 atom stereocenters. The van der Waals surface area contributed by atoms with Crippen molar-refractivity contribution in [2.45, 2.75) is 19.4 Å². The molecule has 0 aliphatic carbocycles. The first-order valence-corrected chi connectivity index (χ1v) is 10.8. The second kappa shape index (κ2) is 12.0. The minimum absolute atomic E-state index is 0.203. The number of aromatic nitrogens is 2. The Morgan fingerprint density at radius 2 is 1.85 bits per heavy atom. The summed E-state index contributed by atoms with van der Waals surface area (Å²) in [6.07, 6.45) is 5.65. The number of amides is 1. The molecule has 2 aromatic carbocycles. The van der Waals surface area contributed by atoms with Gasteiger partial charge >= 0.3 is 0 Å². The van der Waals surface area contributed by atoms with Crippen molar-refractivity contribution < 1.29 is 4.79 Å². The van der Waals surface area contributed by atoms with Gasteiger partial charge in [0.15, 0.2) is 5.82 Å². The molecular weight excluding hydrogens is 426 g/mol. The highest BCUT2D eigenvalue weighted by Crippen LogP contribution is 2.17. The van der Waals surface area contributed by atoms with E-state index in [2.05, 4.69) is 38.5 Å². The molecular formula is C26H27N7O. The summed E-state index contributed by atoms with van der Waals surface area (Å²) in [4.78, 5) is 21.8. The van der Waals surface area contributed by atoms with Crippen LogP contribution >= 0.6 is 0 Å². The van der Waals surface area contributed by atoms with Crippen LogP contribution in [-0.4, -0.2) is 41.2 Å². The van der Waals surface area contributed by atoms with Gasteiger partial charge in [0.2, 0.25) is 5.91 Å². The molecule has 0 aliphatic heterocycles. The molecule has 0 spiro atoms. The third-order valence-electron chi connectivity index (χ3n) is 5.12. The average Bonchev–Trinajstić information content (AvgIpc) is 2.87. The van der Waals surface area contributed by atoms with Gasteiger partial charge in [-0.15, -0.1) is 0 Å². The minimum atomic E-state index is -0.548. The summed E-state index contributed by atoms with van der Waals surface area (Å²) in [7, 11) is 1.77. The first-order chi connectivity index (χ1) is 16.5. The van der Waals surface area contributed by atoms with E-state index in [0.29, 0.717) is 23.6 Å². The molecule has 8 heteroatoms. The molecule has 3 aromatic rings. The first-order valence-electron chi connectivity index (χ1n) is 10.8. The molecule has 1 amide bonds. The van der Waals surface area contributed by atoms with E-state index in [0.717, 1.165) is 23.1 Å². The topological polar surface area (TPSA) is 106 Å². The van der Waals surface area contributed by atoms with Crippen molar-refractivity contribution in [1.29, 1.82) is 5.26 Å². The lowest BCUT2D eigenvalue weighted by atomic mass is 10.0. The number of hydrogen-bond acceptors (Lipinski definition) is 7. The van der Waals surface area contributed by atoms with Crippen LogP contribution in [0, 0.1) is 11.3 Å². The van der Waals surface area contributed by atoms with E-state index in [9.17, 15) is 4.79 Å². The number of allylic oxidation sites excluding steroid dienone is 1. The van der Waals surface area contributed by atoms with Crippen LogP contribution in [0.4, 0.5) is 5.69 Å². The van der Waals surface area contributed by atoms with Crippen LogP contribution in [0.5, 0.6) is 0 Å². The Bertz CT molecular complexity index is 1170. The van der Waals surface area contributed by atoms with Crippen molar-refractivity contribution in [2.75, 3.05) is 18.9 Å². The molecule has 3 rings (SSSR count). The zero-order chi connectivity index (χ0) is 24.3. The molecule has 0 saturated carbocycles. The van der Waals surface area contributed by atoms with Gasteiger partial charge in [-0.2, -0.15) is 10.4 Å². The number of carbonyl (C=O) groups is 1. The van der Waals surface area contributed by atoms with Crippen LogP contribution in [0.25, 0.3) is 5.57 Å². The van der Waals surface area contributed by atoms with Gasteiger partial charge in [0.1, 0.15) is 6.04 Å². The summed E-state index contributed by atoms with van der Waals surface area (Å²) in [5, 5.41) is 20.5. The van der Waals surface area contributed by atoms with Crippen molar-refractivity contribution in [1.82, 2.24) is 20.3 Å². The number of hydrogen-bond donors (Lipinski definition) is 2. The van der Waals surface area contributed by atoms with E-state index in [1.807, 2.05) is 49.4 Å². The van der Waals surface area contributed by atoms with Gasteiger partial charge in [0.25, 0.3) is 0 Å². The summed E-state index contributed by atoms with van der Waals surface area (Å²) in [5.41, 5.74) is 3.90. The van der Waals surface area contributed by atoms with Crippen LogP contribution in [0.2, 0.25) is 0 Å². The summed E-state index contributed by atoms with van der Waals surface area (Å²) >= 11 is 0. The summed E-state index contributed by atoms with van der Waals surface area (Å²) in [6, 6.07) is 18.6. The molecule has 8 nitrogen and oxygen atoms in total. The van der Waals surface area contributed by atoms with Crippen molar-refractivity contribution >= 4 is 23.9 Å². The highest BCUT2D eigenvalue weighted by atomic mass is 16.2. The molecule has 0 bridgehead atoms. The molecule has 172 valence electrons. The number of benzene rings is 2. The lowest BCUT2D eigenvalue weighted by Crippen LogP contribution is -2.34. The molecule has 34 heavy (non-hydrogen) atoms. The Kier molecular flexibility index (Phi) is 8.60. The monoisotopic (exact) mass is 453 g/mol. The van der Waals surface area contributed by atoms with E-state index >= 15 is 0 Å². The number of hydrazone groups is 1. The van der Waals surface area contributed by atoms with Gasteiger partial charge in [-0.25, -0.2) is 9.97 Å². The molecule has 0 unspecified atom stereocenters. The third kappa shape index (κ3) is 6.82. The molecule has 1 heterocycles. The SMILES string of the molecule is C=NN(C)/C=C(\C)c1ncc(NC(=O)[C@H](NCCc2ccc(C#N)cc2)c2ccccc2)cn1. The Morgan fingerprint density at radius 1 is 1.18 bits per heavy atom. The highest BCUT2D eigenvalue weighted by molar-refractivity contribution is 5.95. The van der Waals surface area contributed by atoms with Crippen LogP contribution in [0.1, 0.15) is 35.5 Å². The normalized spacial score (nSPS) is 11.9. The van der Waals surface area contributed by atoms with Gasteiger partial charge in [-0.1, -0.05) is 42.5 Å². The van der Waals surface area contributed by atoms with Crippen LogP contribution in [0.15, 0.2) is 78.3 Å². The highest BCUT2D eigenvalue weighted by Gasteiger charge is 2.20. The van der Waals surface area contributed by atoms with E-state index in [-0.39, 0.29) is 5.91 Å². The Hall–Kier alpha value is -4.35. The zero-order valence-corrected chi connectivity index (χ0v) is 19.3. The largest absolute Gasteiger partial charge is 0.322 e. The maximum absolute atomic E-state index is 13.1. The van der Waals surface area contributed by atoms with Gasteiger partial charge in [0.05, 0.1) is 29.7 Å². The Morgan fingerprint density at radius 3 is 2.47 bits per heavy atom. The molecule has 0 fully saturated rings. The maximum atomic E-state index is 13.1. The standard InChI is InChI=1S/C26H27N7O/c1-19(18-33(3)28-2)25-30-16-23(17-31-25)32-26(34)24(22-7-5-4-6-8-22)29-14-13-20-9-11-21(15-27)12-10-20/h4-12,16-18,24,29H,2,13-14H2,1,3H3,(H,32,34)/b19-18+/t24-/m1/s1. The number of carbonyl (C=O) groups excluding carboxylic acids is 1. The third-order valence-corrected chi connectivity index (χ3v) is 5.12. The van der Waals surface area contributed by atoms with Crippen molar-refractivity contribution in [3.05, 3.63) is 95.7 Å². The predicted molar refractivity (Wildman–Crippen MR) is 134 cm³/mol. The number of nitrogens with one attached hydrogen (secondary N) is 2. The summed E-state index contributed by atoms with van der Waals surface area (Å²) in [6.45, 7) is 5.93. The molecule has 0 radical (unpaired) electrons. The van der Waals surface area contributed by atoms with E-state index in [1.54, 1.807) is 42.8 Å². The van der Waals surface area contributed by atoms with Gasteiger partial charge in [-0.3, -0.25) is 9.80 Å². The Labute approximate surface area is 199 Å². The molecule has 2 N–H and O–H groups in total. The second-order valence-electron chi connectivity index (χ2n) is 7.67. The predicted octanol–water partition coefficient (Wildman–Crippen LogP) is 3.77. The molecule has 1 aromatic heterocycles. The number of rotatable bonds is 10. The summed E-state index contributed by atoms with van der Waals surface area (Å²) in [5.74, 6) is 0.332. The zero-order valence-electron chi connectivity index (χ0n) is 19.3. The minimum Gasteiger partial charge on any atom is -0.322 e. The maximum Gasteiger partial charge on any atom is 0.246 e. The average molecular weight is 454 g/mol. The fraction of sp³-hybridized carbons (Fsp3) is 0.192. The summed E-state index contributed by atoms with van der Waals surface area (Å²) < 4.78 is 0. The van der Waals surface area contributed by atoms with Gasteiger partial charge in [-0.05, 0) is 36.6 Å². The van der Waals surface area contributed by atoms with Crippen LogP contribution in [0.3, 0.4) is 0 Å². The quantitative estimate of drug-likeness (QED) is 0.358. The fourth-order valence-corrected chi connectivity index (χ4v) is 3.30. The molecule has 0 aliphatic rings. The van der Waals surface area contributed by atoms with Crippen molar-refractivity contribution in [3.63, 3.8) is 0 Å². The van der Waals surface area contributed by atoms with Crippen LogP contribution in [-0.2, 0) is 11.2 Å². The first kappa shape index (κ1) is 24.3. The fourth-order valence-electron chi connectivity index (χ4n) is 3.30. The van der Waals surface area contributed by atoms with Crippen molar-refractivity contribution in [2.24, 2.45) is 5.10 Å². The lowest BCUT2D eigenvalue weighted by molar-refractivity contribution is -0.118. The van der Waals surface area contributed by atoms with E-state index < -0.39 is 6.04 Å². The molecule has 0 saturated heterocycles. The smallest absolute Gasteiger partial charge is 0.246 e. The number of nitriles is 1. The second-order valence-corrected chi connectivity index (χ2v) is 7.67. The lowest BCUT2D eigenvalue weighted by Gasteiger charge is -2.19. The van der Waals surface area contributed by atoms with Crippen molar-refractivity contribution in [3.8, 4) is 6.07 Å². The van der Waals surface area contributed by atoms with Gasteiger partial charge < -0.3 is 10.6 Å².